The van der Waals surface area contributed by atoms with Gasteiger partial charge in [-0.1, -0.05) is 30.3 Å². The SMILES string of the molecule is CN1CCN(c2ccc(C(=O)c3ccccc3)nn2)CC1. The Morgan fingerprint density at radius 3 is 2.29 bits per heavy atom. The standard InChI is InChI=1S/C16H18N4O/c1-19-9-11-20(12-10-19)15-8-7-14(17-18-15)16(21)13-5-3-2-4-6-13/h2-8H,9-12H2,1H3. The number of benzene rings is 1. The van der Waals surface area contributed by atoms with Gasteiger partial charge in [0.05, 0.1) is 0 Å². The summed E-state index contributed by atoms with van der Waals surface area (Å²) in [5, 5.41) is 8.30. The van der Waals surface area contributed by atoms with Gasteiger partial charge in [-0.2, -0.15) is 0 Å². The Morgan fingerprint density at radius 2 is 1.67 bits per heavy atom. The summed E-state index contributed by atoms with van der Waals surface area (Å²) >= 11 is 0. The summed E-state index contributed by atoms with van der Waals surface area (Å²) in [6.45, 7) is 3.92. The van der Waals surface area contributed by atoms with Crippen molar-refractivity contribution in [1.29, 1.82) is 0 Å². The first-order valence-electron chi connectivity index (χ1n) is 7.11. The molecule has 1 aromatic carbocycles. The van der Waals surface area contributed by atoms with Crippen LogP contribution in [-0.2, 0) is 0 Å². The molecule has 1 fully saturated rings. The van der Waals surface area contributed by atoms with Gasteiger partial charge in [-0.3, -0.25) is 4.79 Å². The van der Waals surface area contributed by atoms with Crippen LogP contribution in [-0.4, -0.2) is 54.1 Å². The molecule has 1 aromatic heterocycles. The summed E-state index contributed by atoms with van der Waals surface area (Å²) < 4.78 is 0. The smallest absolute Gasteiger partial charge is 0.213 e. The predicted molar refractivity (Wildman–Crippen MR) is 81.6 cm³/mol. The van der Waals surface area contributed by atoms with E-state index in [2.05, 4.69) is 27.0 Å². The third-order valence-corrected chi connectivity index (χ3v) is 3.75. The van der Waals surface area contributed by atoms with Crippen molar-refractivity contribution in [1.82, 2.24) is 15.1 Å². The van der Waals surface area contributed by atoms with Gasteiger partial charge in [0, 0.05) is 31.7 Å². The van der Waals surface area contributed by atoms with E-state index >= 15 is 0 Å². The number of carbonyl (C=O) groups is 1. The average Bonchev–Trinajstić information content (AvgIpc) is 2.56. The molecule has 0 radical (unpaired) electrons. The maximum absolute atomic E-state index is 12.3. The molecule has 2 heterocycles. The molecule has 1 saturated heterocycles. The fraction of sp³-hybridized carbons (Fsp3) is 0.312. The molecule has 21 heavy (non-hydrogen) atoms. The first-order chi connectivity index (χ1) is 10.2. The predicted octanol–water partition coefficient (Wildman–Crippen LogP) is 1.46. The maximum Gasteiger partial charge on any atom is 0.213 e. The summed E-state index contributed by atoms with van der Waals surface area (Å²) in [6.07, 6.45) is 0. The van der Waals surface area contributed by atoms with Crippen LogP contribution in [0.1, 0.15) is 16.1 Å². The molecule has 0 unspecified atom stereocenters. The van der Waals surface area contributed by atoms with E-state index in [4.69, 9.17) is 0 Å². The van der Waals surface area contributed by atoms with Crippen molar-refractivity contribution in [3.8, 4) is 0 Å². The van der Waals surface area contributed by atoms with E-state index in [-0.39, 0.29) is 5.78 Å². The molecule has 2 aromatic rings. The lowest BCUT2D eigenvalue weighted by Crippen LogP contribution is -2.44. The highest BCUT2D eigenvalue weighted by Crippen LogP contribution is 2.13. The van der Waals surface area contributed by atoms with Crippen LogP contribution in [0.4, 0.5) is 5.82 Å². The van der Waals surface area contributed by atoms with E-state index in [0.29, 0.717) is 11.3 Å². The van der Waals surface area contributed by atoms with Gasteiger partial charge in [-0.15, -0.1) is 10.2 Å². The van der Waals surface area contributed by atoms with Crippen LogP contribution in [0.5, 0.6) is 0 Å². The topological polar surface area (TPSA) is 49.3 Å². The van der Waals surface area contributed by atoms with Gasteiger partial charge in [0.1, 0.15) is 5.69 Å². The van der Waals surface area contributed by atoms with Crippen LogP contribution >= 0.6 is 0 Å². The molecule has 3 rings (SSSR count). The highest BCUT2D eigenvalue weighted by atomic mass is 16.1. The van der Waals surface area contributed by atoms with Crippen LogP contribution in [0.25, 0.3) is 0 Å². The second kappa shape index (κ2) is 6.01. The Balaban J connectivity index is 1.74. The van der Waals surface area contributed by atoms with Gasteiger partial charge in [0.25, 0.3) is 0 Å². The zero-order valence-electron chi connectivity index (χ0n) is 12.1. The van der Waals surface area contributed by atoms with E-state index in [1.54, 1.807) is 18.2 Å². The number of nitrogens with zero attached hydrogens (tertiary/aromatic N) is 4. The minimum absolute atomic E-state index is 0.0898. The fourth-order valence-electron chi connectivity index (χ4n) is 2.39. The normalized spacial score (nSPS) is 16.0. The second-order valence-corrected chi connectivity index (χ2v) is 5.26. The monoisotopic (exact) mass is 282 g/mol. The highest BCUT2D eigenvalue weighted by molar-refractivity contribution is 6.07. The third kappa shape index (κ3) is 3.08. The molecule has 0 spiro atoms. The van der Waals surface area contributed by atoms with Gasteiger partial charge >= 0.3 is 0 Å². The molecule has 5 nitrogen and oxygen atoms in total. The van der Waals surface area contributed by atoms with Crippen molar-refractivity contribution < 1.29 is 4.79 Å². The molecule has 0 saturated carbocycles. The van der Waals surface area contributed by atoms with Crippen molar-refractivity contribution in [3.63, 3.8) is 0 Å². The van der Waals surface area contributed by atoms with E-state index in [0.717, 1.165) is 32.0 Å². The van der Waals surface area contributed by atoms with Crippen LogP contribution in [0.2, 0.25) is 0 Å². The zero-order valence-corrected chi connectivity index (χ0v) is 12.1. The minimum Gasteiger partial charge on any atom is -0.353 e. The molecule has 0 N–H and O–H groups in total. The van der Waals surface area contributed by atoms with E-state index in [1.165, 1.54) is 0 Å². The van der Waals surface area contributed by atoms with Gasteiger partial charge in [0.2, 0.25) is 5.78 Å². The number of hydrogen-bond donors (Lipinski definition) is 0. The number of rotatable bonds is 3. The average molecular weight is 282 g/mol. The first kappa shape index (κ1) is 13.7. The van der Waals surface area contributed by atoms with Crippen molar-refractivity contribution >= 4 is 11.6 Å². The molecule has 0 atom stereocenters. The Labute approximate surface area is 124 Å². The number of piperazine rings is 1. The number of carbonyl (C=O) groups excluding carboxylic acids is 1. The largest absolute Gasteiger partial charge is 0.353 e. The molecule has 1 aliphatic heterocycles. The summed E-state index contributed by atoms with van der Waals surface area (Å²) in [5.74, 6) is 0.751. The number of aromatic nitrogens is 2. The second-order valence-electron chi connectivity index (χ2n) is 5.26. The molecule has 1 aliphatic rings. The number of hydrogen-bond acceptors (Lipinski definition) is 5. The van der Waals surface area contributed by atoms with E-state index in [1.807, 2.05) is 24.3 Å². The van der Waals surface area contributed by atoms with Crippen LogP contribution < -0.4 is 4.90 Å². The Morgan fingerprint density at radius 1 is 0.952 bits per heavy atom. The summed E-state index contributed by atoms with van der Waals surface area (Å²) in [6, 6.07) is 12.8. The van der Waals surface area contributed by atoms with Crippen molar-refractivity contribution in [3.05, 3.63) is 53.7 Å². The quantitative estimate of drug-likeness (QED) is 0.798. The minimum atomic E-state index is -0.0898. The summed E-state index contributed by atoms with van der Waals surface area (Å²) in [5.41, 5.74) is 1.03. The molecule has 0 amide bonds. The van der Waals surface area contributed by atoms with Crippen LogP contribution in [0.3, 0.4) is 0 Å². The third-order valence-electron chi connectivity index (χ3n) is 3.75. The highest BCUT2D eigenvalue weighted by Gasteiger charge is 2.17. The lowest BCUT2D eigenvalue weighted by molar-refractivity contribution is 0.103. The molecule has 0 bridgehead atoms. The number of anilines is 1. The Bertz CT molecular complexity index is 604. The van der Waals surface area contributed by atoms with Gasteiger partial charge in [0.15, 0.2) is 5.82 Å². The lowest BCUT2D eigenvalue weighted by Gasteiger charge is -2.32. The van der Waals surface area contributed by atoms with Crippen molar-refractivity contribution in [2.45, 2.75) is 0 Å². The Kier molecular flexibility index (Phi) is 3.92. The number of ketones is 1. The maximum atomic E-state index is 12.3. The zero-order chi connectivity index (χ0) is 14.7. The van der Waals surface area contributed by atoms with Gasteiger partial charge in [-0.25, -0.2) is 0 Å². The lowest BCUT2D eigenvalue weighted by atomic mass is 10.1. The number of likely N-dealkylation sites (N-methyl/N-ethyl adjacent to an activating group) is 1. The molecular formula is C16H18N4O. The molecule has 0 aliphatic carbocycles. The Hall–Kier alpha value is -2.27. The van der Waals surface area contributed by atoms with Crippen molar-refractivity contribution in [2.75, 3.05) is 38.1 Å². The molecule has 108 valence electrons. The van der Waals surface area contributed by atoms with Gasteiger partial charge < -0.3 is 9.80 Å². The summed E-state index contributed by atoms with van der Waals surface area (Å²) in [7, 11) is 2.12. The molecule has 5 heteroatoms. The van der Waals surface area contributed by atoms with E-state index < -0.39 is 0 Å². The van der Waals surface area contributed by atoms with Crippen LogP contribution in [0.15, 0.2) is 42.5 Å². The fourth-order valence-corrected chi connectivity index (χ4v) is 2.39. The van der Waals surface area contributed by atoms with Gasteiger partial charge in [-0.05, 0) is 19.2 Å². The summed E-state index contributed by atoms with van der Waals surface area (Å²) in [4.78, 5) is 16.7. The first-order valence-corrected chi connectivity index (χ1v) is 7.11. The van der Waals surface area contributed by atoms with Crippen molar-refractivity contribution in [2.24, 2.45) is 0 Å². The van der Waals surface area contributed by atoms with Crippen LogP contribution in [0, 0.1) is 0 Å². The van der Waals surface area contributed by atoms with E-state index in [9.17, 15) is 4.79 Å². The molecular weight excluding hydrogens is 264 g/mol.